The largest absolute Gasteiger partial charge is 0.325 e. The first-order valence-electron chi connectivity index (χ1n) is 9.80. The van der Waals surface area contributed by atoms with Gasteiger partial charge in [-0.05, 0) is 30.2 Å². The van der Waals surface area contributed by atoms with E-state index < -0.39 is 33.6 Å². The van der Waals surface area contributed by atoms with E-state index in [-0.39, 0.29) is 28.9 Å². The van der Waals surface area contributed by atoms with Gasteiger partial charge < -0.3 is 10.2 Å². The Labute approximate surface area is 183 Å². The second-order valence-corrected chi connectivity index (χ2v) is 10.5. The Bertz CT molecular complexity index is 1150. The van der Waals surface area contributed by atoms with Crippen LogP contribution in [0.3, 0.4) is 0 Å². The average Bonchev–Trinajstić information content (AvgIpc) is 3.18. The zero-order chi connectivity index (χ0) is 22.2. The van der Waals surface area contributed by atoms with Crippen LogP contribution in [0.1, 0.15) is 12.5 Å². The van der Waals surface area contributed by atoms with Crippen LogP contribution in [0.5, 0.6) is 0 Å². The molecule has 4 rings (SSSR count). The number of carbonyl (C=O) groups excluding carboxylic acids is 1. The molecule has 2 aromatic rings. The lowest BCUT2D eigenvalue weighted by Crippen LogP contribution is -2.40. The highest BCUT2D eigenvalue weighted by molar-refractivity contribution is 8.14. The van der Waals surface area contributed by atoms with Crippen LogP contribution in [0.15, 0.2) is 47.5 Å². The molecule has 2 atom stereocenters. The summed E-state index contributed by atoms with van der Waals surface area (Å²) in [4.78, 5) is 18.5. The maximum absolute atomic E-state index is 14.5. The lowest BCUT2D eigenvalue weighted by atomic mass is 10.1. The number of fused-ring (bicyclic) bond motifs is 1. The SMILES string of the molecule is CCc1ccccc1NC(=O)CSC1=N[C@H]2CS(=O)(=O)C[C@H]2N1c1ccc(F)cc1F. The van der Waals surface area contributed by atoms with Gasteiger partial charge in [-0.25, -0.2) is 17.2 Å². The molecule has 164 valence electrons. The normalized spacial score (nSPS) is 21.6. The molecule has 1 fully saturated rings. The molecule has 31 heavy (non-hydrogen) atoms. The molecule has 0 aromatic heterocycles. The van der Waals surface area contributed by atoms with Crippen molar-refractivity contribution in [1.29, 1.82) is 0 Å². The highest BCUT2D eigenvalue weighted by Gasteiger charge is 2.47. The zero-order valence-corrected chi connectivity index (χ0v) is 18.3. The Hall–Kier alpha value is -2.46. The summed E-state index contributed by atoms with van der Waals surface area (Å²) in [6.45, 7) is 1.99. The molecule has 0 unspecified atom stereocenters. The van der Waals surface area contributed by atoms with Gasteiger partial charge in [0, 0.05) is 11.8 Å². The second kappa shape index (κ2) is 8.58. The van der Waals surface area contributed by atoms with E-state index in [2.05, 4.69) is 10.3 Å². The Morgan fingerprint density at radius 3 is 2.74 bits per heavy atom. The fourth-order valence-corrected chi connectivity index (χ4v) is 6.62. The molecule has 0 saturated carbocycles. The van der Waals surface area contributed by atoms with E-state index in [0.29, 0.717) is 5.17 Å². The molecule has 1 amide bonds. The molecule has 1 saturated heterocycles. The molecule has 0 bridgehead atoms. The molecule has 2 aliphatic heterocycles. The monoisotopic (exact) mass is 465 g/mol. The molecule has 2 aromatic carbocycles. The van der Waals surface area contributed by atoms with Crippen molar-refractivity contribution in [2.45, 2.75) is 25.4 Å². The fourth-order valence-electron chi connectivity index (χ4n) is 3.86. The van der Waals surface area contributed by atoms with Gasteiger partial charge in [-0.2, -0.15) is 0 Å². The third-order valence-corrected chi connectivity index (χ3v) is 7.95. The predicted octanol–water partition coefficient (Wildman–Crippen LogP) is 3.24. The van der Waals surface area contributed by atoms with Crippen molar-refractivity contribution in [2.24, 2.45) is 4.99 Å². The van der Waals surface area contributed by atoms with Crippen molar-refractivity contribution < 1.29 is 22.0 Å². The number of nitrogens with zero attached hydrogens (tertiary/aromatic N) is 2. The topological polar surface area (TPSA) is 78.8 Å². The number of sulfone groups is 1. The van der Waals surface area contributed by atoms with Gasteiger partial charge in [-0.15, -0.1) is 0 Å². The van der Waals surface area contributed by atoms with E-state index in [1.54, 1.807) is 0 Å². The van der Waals surface area contributed by atoms with E-state index in [1.807, 2.05) is 31.2 Å². The highest BCUT2D eigenvalue weighted by atomic mass is 32.2. The van der Waals surface area contributed by atoms with Gasteiger partial charge in [0.05, 0.1) is 35.0 Å². The number of amides is 1. The van der Waals surface area contributed by atoms with Crippen molar-refractivity contribution in [3.05, 3.63) is 59.7 Å². The van der Waals surface area contributed by atoms with E-state index in [9.17, 15) is 22.0 Å². The molecule has 0 radical (unpaired) electrons. The van der Waals surface area contributed by atoms with Gasteiger partial charge in [-0.1, -0.05) is 36.9 Å². The number of aliphatic imine (C=N–C) groups is 1. The van der Waals surface area contributed by atoms with Crippen molar-refractivity contribution in [2.75, 3.05) is 27.5 Å². The summed E-state index contributed by atoms with van der Waals surface area (Å²) in [5.74, 6) is -2.06. The summed E-state index contributed by atoms with van der Waals surface area (Å²) in [5, 5.41) is 3.23. The third kappa shape index (κ3) is 4.59. The maximum atomic E-state index is 14.5. The summed E-state index contributed by atoms with van der Waals surface area (Å²) < 4.78 is 52.1. The van der Waals surface area contributed by atoms with Gasteiger partial charge in [0.2, 0.25) is 5.91 Å². The number of hydrogen-bond donors (Lipinski definition) is 1. The Kier molecular flexibility index (Phi) is 6.02. The molecular formula is C21H21F2N3O3S2. The van der Waals surface area contributed by atoms with Crippen molar-refractivity contribution >= 4 is 44.0 Å². The summed E-state index contributed by atoms with van der Waals surface area (Å²) in [5.41, 5.74) is 1.79. The number of benzene rings is 2. The Balaban J connectivity index is 1.53. The first kappa shape index (κ1) is 21.8. The molecule has 0 spiro atoms. The number of thioether (sulfide) groups is 1. The van der Waals surface area contributed by atoms with Gasteiger partial charge in [0.25, 0.3) is 0 Å². The molecule has 1 N–H and O–H groups in total. The molecule has 0 aliphatic carbocycles. The smallest absolute Gasteiger partial charge is 0.234 e. The van der Waals surface area contributed by atoms with Crippen molar-refractivity contribution in [3.63, 3.8) is 0 Å². The first-order chi connectivity index (χ1) is 14.8. The molecule has 10 heteroatoms. The number of para-hydroxylation sites is 1. The molecule has 2 heterocycles. The van der Waals surface area contributed by atoms with E-state index in [0.717, 1.165) is 41.6 Å². The number of halogens is 2. The summed E-state index contributed by atoms with van der Waals surface area (Å²) >= 11 is 1.11. The number of carbonyl (C=O) groups is 1. The minimum Gasteiger partial charge on any atom is -0.325 e. The quantitative estimate of drug-likeness (QED) is 0.734. The first-order valence-corrected chi connectivity index (χ1v) is 12.6. The Morgan fingerprint density at radius 1 is 1.23 bits per heavy atom. The summed E-state index contributed by atoms with van der Waals surface area (Å²) in [6.07, 6.45) is 0.770. The van der Waals surface area contributed by atoms with Crippen LogP contribution in [-0.2, 0) is 21.1 Å². The van der Waals surface area contributed by atoms with Crippen LogP contribution in [0.4, 0.5) is 20.2 Å². The number of nitrogens with one attached hydrogen (secondary N) is 1. The summed E-state index contributed by atoms with van der Waals surface area (Å²) in [7, 11) is -3.30. The van der Waals surface area contributed by atoms with Gasteiger partial charge in [0.1, 0.15) is 11.6 Å². The third-order valence-electron chi connectivity index (χ3n) is 5.28. The maximum Gasteiger partial charge on any atom is 0.234 e. The Morgan fingerprint density at radius 2 is 2.00 bits per heavy atom. The molecular weight excluding hydrogens is 444 g/mol. The van der Waals surface area contributed by atoms with Crippen molar-refractivity contribution in [3.8, 4) is 0 Å². The van der Waals surface area contributed by atoms with Gasteiger partial charge in [0.15, 0.2) is 15.0 Å². The van der Waals surface area contributed by atoms with E-state index >= 15 is 0 Å². The van der Waals surface area contributed by atoms with Crippen molar-refractivity contribution in [1.82, 2.24) is 0 Å². The van der Waals surface area contributed by atoms with E-state index in [1.165, 1.54) is 11.0 Å². The number of amidine groups is 1. The van der Waals surface area contributed by atoms with Crippen LogP contribution >= 0.6 is 11.8 Å². The summed E-state index contributed by atoms with van der Waals surface area (Å²) in [6, 6.07) is 9.52. The fraction of sp³-hybridized carbons (Fsp3) is 0.333. The second-order valence-electron chi connectivity index (χ2n) is 7.44. The van der Waals surface area contributed by atoms with Crippen LogP contribution < -0.4 is 10.2 Å². The zero-order valence-electron chi connectivity index (χ0n) is 16.7. The average molecular weight is 466 g/mol. The van der Waals surface area contributed by atoms with Crippen LogP contribution in [0.25, 0.3) is 0 Å². The minimum absolute atomic E-state index is 0.0163. The molecule has 6 nitrogen and oxygen atoms in total. The number of hydrogen-bond acceptors (Lipinski definition) is 6. The standard InChI is InChI=1S/C21H21F2N3O3S2/c1-2-13-5-3-4-6-16(13)24-20(27)10-30-21-25-17-11-31(28,29)12-19(17)26(21)18-8-7-14(22)9-15(18)23/h3-9,17,19H,2,10-12H2,1H3,(H,24,27)/t17-,19+/m0/s1. The number of anilines is 2. The number of rotatable bonds is 5. The number of aryl methyl sites for hydroxylation is 1. The van der Waals surface area contributed by atoms with Crippen LogP contribution in [0, 0.1) is 11.6 Å². The minimum atomic E-state index is -3.30. The van der Waals surface area contributed by atoms with Gasteiger partial charge in [-0.3, -0.25) is 9.79 Å². The molecule has 2 aliphatic rings. The van der Waals surface area contributed by atoms with E-state index in [4.69, 9.17) is 0 Å². The van der Waals surface area contributed by atoms with Gasteiger partial charge >= 0.3 is 0 Å². The van der Waals surface area contributed by atoms with Crippen LogP contribution in [-0.4, -0.2) is 48.8 Å². The lowest BCUT2D eigenvalue weighted by molar-refractivity contribution is -0.113. The predicted molar refractivity (Wildman–Crippen MR) is 119 cm³/mol. The highest BCUT2D eigenvalue weighted by Crippen LogP contribution is 2.36. The van der Waals surface area contributed by atoms with Crippen LogP contribution in [0.2, 0.25) is 0 Å². The lowest BCUT2D eigenvalue weighted by Gasteiger charge is -2.26.